The third-order valence-electron chi connectivity index (χ3n) is 6.11. The molecule has 2 N–H and O–H groups in total. The number of benzene rings is 2. The van der Waals surface area contributed by atoms with Gasteiger partial charge >= 0.3 is 6.03 Å². The first-order chi connectivity index (χ1) is 17.5. The summed E-state index contributed by atoms with van der Waals surface area (Å²) in [4.78, 5) is 37.3. The molecule has 0 spiro atoms. The van der Waals surface area contributed by atoms with Gasteiger partial charge in [0.25, 0.3) is 5.91 Å². The van der Waals surface area contributed by atoms with Crippen molar-refractivity contribution in [3.8, 4) is 0 Å². The van der Waals surface area contributed by atoms with Gasteiger partial charge in [-0.3, -0.25) is 4.79 Å². The van der Waals surface area contributed by atoms with Crippen molar-refractivity contribution in [3.05, 3.63) is 77.3 Å². The summed E-state index contributed by atoms with van der Waals surface area (Å²) in [6.07, 6.45) is 4.16. The Hall–Kier alpha value is -4.31. The smallest absolute Gasteiger partial charge is 0.332 e. The number of halogens is 1. The number of carbonyl (C=O) groups excluding carboxylic acids is 2. The Morgan fingerprint density at radius 1 is 1.17 bits per heavy atom. The van der Waals surface area contributed by atoms with Crippen molar-refractivity contribution in [2.24, 2.45) is 0 Å². The zero-order valence-electron chi connectivity index (χ0n) is 19.3. The maximum absolute atomic E-state index is 13.6. The Kier molecular flexibility index (Phi) is 5.37. The van der Waals surface area contributed by atoms with Crippen LogP contribution < -0.4 is 15.5 Å². The summed E-state index contributed by atoms with van der Waals surface area (Å²) in [6.45, 7) is 3.05. The van der Waals surface area contributed by atoms with Gasteiger partial charge in [-0.05, 0) is 48.4 Å². The standard InChI is InChI=1S/C26H21FN6O2S/c1-2-9-28-24(34)22-21-20-23(29-14-30-25(20)36-22)33(26(35)31-21)18-6-7-19-16(12-18)8-10-32(19)13-15-4-3-5-17(27)11-15/h3-8,10-12,14H,2,9,13H2,1H3,(H,28,34)(H,31,35). The average molecular weight is 501 g/mol. The molecular weight excluding hydrogens is 479 g/mol. The van der Waals surface area contributed by atoms with E-state index in [2.05, 4.69) is 20.6 Å². The molecule has 8 nitrogen and oxygen atoms in total. The van der Waals surface area contributed by atoms with Gasteiger partial charge in [0.15, 0.2) is 5.82 Å². The van der Waals surface area contributed by atoms with Crippen molar-refractivity contribution >= 4 is 61.6 Å². The summed E-state index contributed by atoms with van der Waals surface area (Å²) in [5.41, 5.74) is 2.90. The highest BCUT2D eigenvalue weighted by Crippen LogP contribution is 2.44. The normalized spacial score (nSPS) is 12.8. The molecule has 0 saturated heterocycles. The zero-order valence-corrected chi connectivity index (χ0v) is 20.1. The number of nitrogens with zero attached hydrogens (tertiary/aromatic N) is 4. The number of urea groups is 1. The molecule has 5 aromatic rings. The van der Waals surface area contributed by atoms with Crippen molar-refractivity contribution in [2.45, 2.75) is 19.9 Å². The molecule has 2 aromatic carbocycles. The summed E-state index contributed by atoms with van der Waals surface area (Å²) >= 11 is 1.23. The van der Waals surface area contributed by atoms with E-state index in [0.29, 0.717) is 45.4 Å². The Labute approximate surface area is 209 Å². The van der Waals surface area contributed by atoms with Gasteiger partial charge in [0.05, 0.1) is 16.8 Å². The second kappa shape index (κ2) is 8.72. The van der Waals surface area contributed by atoms with Crippen LogP contribution in [0.3, 0.4) is 0 Å². The number of hydrogen-bond acceptors (Lipinski definition) is 5. The lowest BCUT2D eigenvalue weighted by Crippen LogP contribution is -2.35. The van der Waals surface area contributed by atoms with Crippen LogP contribution in [0, 0.1) is 5.82 Å². The van der Waals surface area contributed by atoms with Crippen LogP contribution in [0.25, 0.3) is 21.1 Å². The quantitative estimate of drug-likeness (QED) is 0.315. The second-order valence-corrected chi connectivity index (χ2v) is 9.52. The fourth-order valence-electron chi connectivity index (χ4n) is 4.48. The lowest BCUT2D eigenvalue weighted by atomic mass is 10.1. The lowest BCUT2D eigenvalue weighted by Gasteiger charge is -2.27. The molecule has 3 amide bonds. The van der Waals surface area contributed by atoms with E-state index in [1.165, 1.54) is 34.7 Å². The van der Waals surface area contributed by atoms with E-state index < -0.39 is 6.03 Å². The van der Waals surface area contributed by atoms with Gasteiger partial charge in [0, 0.05) is 30.2 Å². The Balaban J connectivity index is 1.39. The van der Waals surface area contributed by atoms with E-state index in [9.17, 15) is 14.0 Å². The van der Waals surface area contributed by atoms with E-state index in [4.69, 9.17) is 0 Å². The van der Waals surface area contributed by atoms with Crippen molar-refractivity contribution < 1.29 is 14.0 Å². The molecule has 0 fully saturated rings. The SMILES string of the molecule is CCCNC(=O)c1sc2ncnc3c2c1NC(=O)N3c1ccc2c(ccn2Cc2cccc(F)c2)c1. The van der Waals surface area contributed by atoms with Crippen LogP contribution >= 0.6 is 11.3 Å². The number of nitrogens with one attached hydrogen (secondary N) is 2. The fourth-order valence-corrected chi connectivity index (χ4v) is 5.49. The molecule has 0 saturated carbocycles. The maximum atomic E-state index is 13.6. The van der Waals surface area contributed by atoms with Gasteiger partial charge in [0.1, 0.15) is 21.9 Å². The second-order valence-electron chi connectivity index (χ2n) is 8.52. The van der Waals surface area contributed by atoms with Gasteiger partial charge in [-0.1, -0.05) is 19.1 Å². The van der Waals surface area contributed by atoms with Crippen LogP contribution in [0.5, 0.6) is 0 Å². The van der Waals surface area contributed by atoms with Gasteiger partial charge < -0.3 is 15.2 Å². The molecule has 10 heteroatoms. The third kappa shape index (κ3) is 3.66. The third-order valence-corrected chi connectivity index (χ3v) is 7.21. The summed E-state index contributed by atoms with van der Waals surface area (Å²) in [7, 11) is 0. The largest absolute Gasteiger partial charge is 0.351 e. The topological polar surface area (TPSA) is 92.1 Å². The number of anilines is 3. The van der Waals surface area contributed by atoms with Crippen LogP contribution in [0.2, 0.25) is 0 Å². The molecule has 0 aliphatic carbocycles. The zero-order chi connectivity index (χ0) is 24.8. The molecule has 1 aliphatic rings. The van der Waals surface area contributed by atoms with Crippen molar-refractivity contribution in [2.75, 3.05) is 16.8 Å². The van der Waals surface area contributed by atoms with Crippen molar-refractivity contribution in [1.82, 2.24) is 19.9 Å². The highest BCUT2D eigenvalue weighted by atomic mass is 32.1. The van der Waals surface area contributed by atoms with Gasteiger partial charge in [-0.15, -0.1) is 11.3 Å². The number of aromatic nitrogens is 3. The highest BCUT2D eigenvalue weighted by molar-refractivity contribution is 7.21. The van der Waals surface area contributed by atoms with Crippen LogP contribution in [-0.4, -0.2) is 33.0 Å². The minimum Gasteiger partial charge on any atom is -0.351 e. The predicted octanol–water partition coefficient (Wildman–Crippen LogP) is 5.66. The number of amides is 3. The van der Waals surface area contributed by atoms with Crippen molar-refractivity contribution in [1.29, 1.82) is 0 Å². The number of thiophene rings is 1. The first-order valence-electron chi connectivity index (χ1n) is 11.5. The summed E-state index contributed by atoms with van der Waals surface area (Å²) in [5, 5.41) is 7.32. The number of rotatable bonds is 6. The van der Waals surface area contributed by atoms with Gasteiger partial charge in [0.2, 0.25) is 0 Å². The van der Waals surface area contributed by atoms with E-state index in [1.54, 1.807) is 6.07 Å². The van der Waals surface area contributed by atoms with E-state index in [-0.39, 0.29) is 11.7 Å². The number of fused-ring (bicyclic) bond motifs is 1. The monoisotopic (exact) mass is 500 g/mol. The summed E-state index contributed by atoms with van der Waals surface area (Å²) in [6, 6.07) is 13.8. The Morgan fingerprint density at radius 3 is 2.89 bits per heavy atom. The molecule has 180 valence electrons. The highest BCUT2D eigenvalue weighted by Gasteiger charge is 2.33. The lowest BCUT2D eigenvalue weighted by molar-refractivity contribution is 0.0958. The molecule has 0 radical (unpaired) electrons. The molecule has 0 bridgehead atoms. The van der Waals surface area contributed by atoms with Crippen LogP contribution in [-0.2, 0) is 6.54 Å². The summed E-state index contributed by atoms with van der Waals surface area (Å²) in [5.74, 6) is -0.0731. The number of hydrogen-bond donors (Lipinski definition) is 2. The fraction of sp³-hybridized carbons (Fsp3) is 0.154. The van der Waals surface area contributed by atoms with E-state index >= 15 is 0 Å². The molecule has 0 atom stereocenters. The predicted molar refractivity (Wildman–Crippen MR) is 139 cm³/mol. The van der Waals surface area contributed by atoms with Crippen molar-refractivity contribution in [3.63, 3.8) is 0 Å². The molecule has 4 heterocycles. The average Bonchev–Trinajstić information content (AvgIpc) is 3.44. The minimum absolute atomic E-state index is 0.240. The first kappa shape index (κ1) is 22.2. The molecule has 6 rings (SSSR count). The number of carbonyl (C=O) groups is 2. The van der Waals surface area contributed by atoms with Gasteiger partial charge in [-0.2, -0.15) is 0 Å². The van der Waals surface area contributed by atoms with Crippen LogP contribution in [0.1, 0.15) is 28.6 Å². The first-order valence-corrected chi connectivity index (χ1v) is 12.4. The molecule has 0 unspecified atom stereocenters. The van der Waals surface area contributed by atoms with E-state index in [1.807, 2.05) is 48.0 Å². The molecule has 1 aliphatic heterocycles. The Morgan fingerprint density at radius 2 is 2.06 bits per heavy atom. The maximum Gasteiger partial charge on any atom is 0.332 e. The minimum atomic E-state index is -0.399. The van der Waals surface area contributed by atoms with Crippen LogP contribution in [0.15, 0.2) is 61.1 Å². The van der Waals surface area contributed by atoms with E-state index in [0.717, 1.165) is 22.9 Å². The van der Waals surface area contributed by atoms with Crippen LogP contribution in [0.4, 0.5) is 26.4 Å². The summed E-state index contributed by atoms with van der Waals surface area (Å²) < 4.78 is 15.7. The Bertz CT molecular complexity index is 1660. The molecular formula is C26H21FN6O2S. The molecule has 3 aromatic heterocycles. The van der Waals surface area contributed by atoms with Gasteiger partial charge in [-0.25, -0.2) is 24.1 Å². The molecule has 36 heavy (non-hydrogen) atoms.